The first-order chi connectivity index (χ1) is 18.7. The van der Waals surface area contributed by atoms with E-state index >= 15 is 0 Å². The number of ether oxygens (including phenoxy) is 2. The lowest BCUT2D eigenvalue weighted by molar-refractivity contribution is -0.274. The Kier molecular flexibility index (Phi) is 9.27. The van der Waals surface area contributed by atoms with Gasteiger partial charge in [-0.15, -0.1) is 13.2 Å². The molecule has 2 aromatic carbocycles. The fourth-order valence-electron chi connectivity index (χ4n) is 4.72. The number of aromatic nitrogens is 2. The number of nitrogens with zero attached hydrogens (tertiary/aromatic N) is 3. The fraction of sp³-hybridized carbons (Fsp3) is 0.414. The molecule has 0 bridgehead atoms. The summed E-state index contributed by atoms with van der Waals surface area (Å²) in [5.41, 5.74) is 3.70. The van der Waals surface area contributed by atoms with Gasteiger partial charge in [-0.3, -0.25) is 4.79 Å². The number of halogens is 3. The van der Waals surface area contributed by atoms with Gasteiger partial charge in [0.15, 0.2) is 0 Å². The van der Waals surface area contributed by atoms with E-state index in [9.17, 15) is 23.1 Å². The molecule has 1 aliphatic heterocycles. The maximum absolute atomic E-state index is 12.5. The second-order valence-corrected chi connectivity index (χ2v) is 9.56. The molecule has 4 rings (SSSR count). The Labute approximate surface area is 225 Å². The van der Waals surface area contributed by atoms with Crippen molar-refractivity contribution in [3.63, 3.8) is 0 Å². The van der Waals surface area contributed by atoms with Gasteiger partial charge in [0.1, 0.15) is 11.5 Å². The number of benzene rings is 2. The van der Waals surface area contributed by atoms with Crippen LogP contribution in [0.3, 0.4) is 0 Å². The van der Waals surface area contributed by atoms with Crippen molar-refractivity contribution in [2.45, 2.75) is 64.3 Å². The highest BCUT2D eigenvalue weighted by Gasteiger charge is 2.31. The summed E-state index contributed by atoms with van der Waals surface area (Å²) in [6, 6.07) is 11.5. The number of hydrogen-bond donors (Lipinski definition) is 1. The number of carboxylic acid groups (broad SMARTS) is 1. The number of carbonyl (C=O) groups is 1. The topological polar surface area (TPSA) is 84.8 Å². The summed E-state index contributed by atoms with van der Waals surface area (Å²) in [6.07, 6.45) is 3.60. The Hall–Kier alpha value is -3.82. The maximum Gasteiger partial charge on any atom is 0.573 e. The van der Waals surface area contributed by atoms with Crippen molar-refractivity contribution in [1.29, 1.82) is 0 Å². The molecule has 1 unspecified atom stereocenters. The molecule has 0 amide bonds. The molecule has 1 atom stereocenters. The summed E-state index contributed by atoms with van der Waals surface area (Å²) < 4.78 is 47.5. The van der Waals surface area contributed by atoms with Crippen LogP contribution < -0.4 is 14.4 Å². The molecule has 0 spiro atoms. The second-order valence-electron chi connectivity index (χ2n) is 9.56. The molecule has 0 aliphatic carbocycles. The molecular weight excluding hydrogens is 511 g/mol. The first-order valence-corrected chi connectivity index (χ1v) is 13.1. The van der Waals surface area contributed by atoms with Gasteiger partial charge in [-0.1, -0.05) is 31.2 Å². The average Bonchev–Trinajstić information content (AvgIpc) is 2.90. The molecule has 1 aromatic heterocycles. The molecule has 10 heteroatoms. The number of anilines is 1. The number of aryl methyl sites for hydroxylation is 1. The van der Waals surface area contributed by atoms with Crippen molar-refractivity contribution in [2.24, 2.45) is 0 Å². The van der Waals surface area contributed by atoms with Crippen LogP contribution in [-0.4, -0.2) is 46.6 Å². The Balaban J connectivity index is 1.36. The Morgan fingerprint density at radius 1 is 1.10 bits per heavy atom. The predicted octanol–water partition coefficient (Wildman–Crippen LogP) is 5.79. The molecule has 1 aliphatic rings. The highest BCUT2D eigenvalue weighted by molar-refractivity contribution is 5.71. The van der Waals surface area contributed by atoms with E-state index in [2.05, 4.69) is 19.6 Å². The van der Waals surface area contributed by atoms with Crippen molar-refractivity contribution in [3.8, 4) is 11.5 Å². The van der Waals surface area contributed by atoms with Crippen LogP contribution in [0, 0.1) is 0 Å². The van der Waals surface area contributed by atoms with Crippen molar-refractivity contribution in [3.05, 3.63) is 77.1 Å². The third-order valence-corrected chi connectivity index (χ3v) is 6.75. The van der Waals surface area contributed by atoms with Gasteiger partial charge in [0.2, 0.25) is 5.95 Å². The Morgan fingerprint density at radius 2 is 1.85 bits per heavy atom. The highest BCUT2D eigenvalue weighted by Crippen LogP contribution is 2.32. The van der Waals surface area contributed by atoms with Crippen LogP contribution in [-0.2, 0) is 30.5 Å². The maximum atomic E-state index is 12.5. The number of carboxylic acids is 1. The smallest absolute Gasteiger partial charge is 0.490 e. The van der Waals surface area contributed by atoms with E-state index in [0.29, 0.717) is 25.5 Å². The van der Waals surface area contributed by atoms with Gasteiger partial charge in [0, 0.05) is 25.5 Å². The van der Waals surface area contributed by atoms with E-state index in [1.54, 1.807) is 12.1 Å². The normalized spacial score (nSPS) is 14.8. The van der Waals surface area contributed by atoms with Crippen LogP contribution in [0.4, 0.5) is 19.1 Å². The molecule has 208 valence electrons. The molecule has 7 nitrogen and oxygen atoms in total. The summed E-state index contributed by atoms with van der Waals surface area (Å²) in [7, 11) is 0. The van der Waals surface area contributed by atoms with Gasteiger partial charge in [-0.05, 0) is 79.0 Å². The minimum atomic E-state index is -4.72. The van der Waals surface area contributed by atoms with Crippen molar-refractivity contribution < 1.29 is 32.5 Å². The lowest BCUT2D eigenvalue weighted by Crippen LogP contribution is -2.31. The summed E-state index contributed by atoms with van der Waals surface area (Å²) >= 11 is 0. The zero-order valence-electron chi connectivity index (χ0n) is 21.8. The monoisotopic (exact) mass is 543 g/mol. The predicted molar refractivity (Wildman–Crippen MR) is 140 cm³/mol. The standard InChI is InChI=1S/C29H32F3N3O4/c1-2-20-18-33-28(34-19-20)35(16-14-21-8-10-24(11-9-21)39-29(30,31)32)15-4-6-23-12-13-25-22(17-27(36)37)5-3-7-26(25)38-23/h3,5,7-11,18-19,23H,2,4,6,12-17H2,1H3,(H,36,37). The van der Waals surface area contributed by atoms with Gasteiger partial charge in [0.05, 0.1) is 12.5 Å². The molecule has 2 heterocycles. The van der Waals surface area contributed by atoms with Crippen molar-refractivity contribution in [2.75, 3.05) is 18.0 Å². The van der Waals surface area contributed by atoms with E-state index in [-0.39, 0.29) is 18.3 Å². The third-order valence-electron chi connectivity index (χ3n) is 6.75. The molecular formula is C29H32F3N3O4. The van der Waals surface area contributed by atoms with E-state index in [1.165, 1.54) is 12.1 Å². The van der Waals surface area contributed by atoms with Crippen LogP contribution in [0.5, 0.6) is 11.5 Å². The number of fused-ring (bicyclic) bond motifs is 1. The van der Waals surface area contributed by atoms with Crippen LogP contribution in [0.25, 0.3) is 0 Å². The quantitative estimate of drug-likeness (QED) is 0.310. The zero-order valence-corrected chi connectivity index (χ0v) is 21.8. The first-order valence-electron chi connectivity index (χ1n) is 13.1. The Morgan fingerprint density at radius 3 is 2.51 bits per heavy atom. The average molecular weight is 544 g/mol. The highest BCUT2D eigenvalue weighted by atomic mass is 19.4. The summed E-state index contributed by atoms with van der Waals surface area (Å²) in [5.74, 6) is 0.270. The molecule has 1 N–H and O–H groups in total. The van der Waals surface area contributed by atoms with Gasteiger partial charge < -0.3 is 19.5 Å². The zero-order chi connectivity index (χ0) is 27.8. The van der Waals surface area contributed by atoms with Gasteiger partial charge >= 0.3 is 12.3 Å². The lowest BCUT2D eigenvalue weighted by Gasteiger charge is -2.29. The minimum Gasteiger partial charge on any atom is -0.490 e. The molecule has 39 heavy (non-hydrogen) atoms. The van der Waals surface area contributed by atoms with Crippen molar-refractivity contribution >= 4 is 11.9 Å². The molecule has 0 fully saturated rings. The van der Waals surface area contributed by atoms with Gasteiger partial charge in [0.25, 0.3) is 0 Å². The number of hydrogen-bond acceptors (Lipinski definition) is 6. The summed E-state index contributed by atoms with van der Waals surface area (Å²) in [4.78, 5) is 22.3. The van der Waals surface area contributed by atoms with Crippen LogP contribution in [0.15, 0.2) is 54.9 Å². The van der Waals surface area contributed by atoms with Crippen LogP contribution in [0.2, 0.25) is 0 Å². The Bertz CT molecular complexity index is 1230. The summed E-state index contributed by atoms with van der Waals surface area (Å²) in [5, 5.41) is 9.18. The molecule has 3 aromatic rings. The SMILES string of the molecule is CCc1cnc(N(CCCC2CCc3c(CC(=O)O)cccc3O2)CCc2ccc(OC(F)(F)F)cc2)nc1. The van der Waals surface area contributed by atoms with E-state index in [1.807, 2.05) is 37.5 Å². The first kappa shape index (κ1) is 28.2. The fourth-order valence-corrected chi connectivity index (χ4v) is 4.72. The van der Waals surface area contributed by atoms with Gasteiger partial charge in [-0.25, -0.2) is 9.97 Å². The van der Waals surface area contributed by atoms with Gasteiger partial charge in [-0.2, -0.15) is 0 Å². The number of rotatable bonds is 12. The van der Waals surface area contributed by atoms with Crippen LogP contribution >= 0.6 is 0 Å². The number of alkyl halides is 3. The number of aliphatic carboxylic acids is 1. The lowest BCUT2D eigenvalue weighted by atomic mass is 9.94. The van der Waals surface area contributed by atoms with E-state index < -0.39 is 12.3 Å². The van der Waals surface area contributed by atoms with E-state index in [4.69, 9.17) is 4.74 Å². The van der Waals surface area contributed by atoms with E-state index in [0.717, 1.165) is 60.1 Å². The third kappa shape index (κ3) is 8.33. The second kappa shape index (κ2) is 12.8. The largest absolute Gasteiger partial charge is 0.573 e. The minimum absolute atomic E-state index is 0.0128. The van der Waals surface area contributed by atoms with Crippen LogP contribution in [0.1, 0.15) is 48.4 Å². The molecule has 0 radical (unpaired) electrons. The molecule has 0 saturated carbocycles. The molecule has 0 saturated heterocycles. The summed E-state index contributed by atoms with van der Waals surface area (Å²) in [6.45, 7) is 3.32. The van der Waals surface area contributed by atoms with Crippen molar-refractivity contribution in [1.82, 2.24) is 9.97 Å².